The molecule has 19 heavy (non-hydrogen) atoms. The smallest absolute Gasteiger partial charge is 0.417 e. The number of hydrogen-bond donors (Lipinski definition) is 1. The summed E-state index contributed by atoms with van der Waals surface area (Å²) in [6.07, 6.45) is -2.34. The van der Waals surface area contributed by atoms with Crippen LogP contribution in [0.2, 0.25) is 0 Å². The van der Waals surface area contributed by atoms with Crippen molar-refractivity contribution >= 4 is 5.97 Å². The van der Waals surface area contributed by atoms with Gasteiger partial charge in [-0.15, -0.1) is 0 Å². The molecule has 2 aromatic rings. The molecule has 0 fully saturated rings. The van der Waals surface area contributed by atoms with E-state index in [1.165, 1.54) is 29.8 Å². The zero-order chi connectivity index (χ0) is 14.2. The van der Waals surface area contributed by atoms with Crippen LogP contribution < -0.4 is 0 Å². The number of halogens is 3. The number of carboxylic acid groups (broad SMARTS) is 1. The number of hydrogen-bond acceptors (Lipinski definition) is 2. The van der Waals surface area contributed by atoms with Crippen LogP contribution >= 0.6 is 0 Å². The average molecular weight is 270 g/mol. The minimum absolute atomic E-state index is 0.0599. The molecular formula is C12H9F3N2O2. The zero-order valence-electron chi connectivity index (χ0n) is 9.77. The monoisotopic (exact) mass is 270 g/mol. The summed E-state index contributed by atoms with van der Waals surface area (Å²) in [7, 11) is 0. The Balaban J connectivity index is 2.53. The third kappa shape index (κ3) is 2.44. The fourth-order valence-electron chi connectivity index (χ4n) is 1.71. The summed E-state index contributed by atoms with van der Waals surface area (Å²) in [4.78, 5) is 14.7. The van der Waals surface area contributed by atoms with E-state index in [0.717, 1.165) is 6.07 Å². The van der Waals surface area contributed by atoms with Gasteiger partial charge in [0.05, 0.1) is 5.56 Å². The first-order valence-electron chi connectivity index (χ1n) is 5.25. The minimum atomic E-state index is -4.47. The molecule has 0 saturated heterocycles. The summed E-state index contributed by atoms with van der Waals surface area (Å²) < 4.78 is 38.8. The van der Waals surface area contributed by atoms with Crippen molar-refractivity contribution in [3.8, 4) is 5.82 Å². The summed E-state index contributed by atoms with van der Waals surface area (Å²) in [6.45, 7) is 1.45. The number of alkyl halides is 3. The number of pyridine rings is 1. The van der Waals surface area contributed by atoms with E-state index in [1.807, 2.05) is 0 Å². The van der Waals surface area contributed by atoms with Gasteiger partial charge in [-0.05, 0) is 30.7 Å². The van der Waals surface area contributed by atoms with Crippen molar-refractivity contribution in [1.82, 2.24) is 9.55 Å². The Morgan fingerprint density at radius 2 is 2.11 bits per heavy atom. The van der Waals surface area contributed by atoms with Crippen molar-refractivity contribution in [1.29, 1.82) is 0 Å². The Morgan fingerprint density at radius 3 is 2.63 bits per heavy atom. The zero-order valence-corrected chi connectivity index (χ0v) is 9.77. The molecule has 0 saturated carbocycles. The maximum atomic E-state index is 12.5. The van der Waals surface area contributed by atoms with E-state index in [2.05, 4.69) is 4.98 Å². The van der Waals surface area contributed by atoms with Gasteiger partial charge in [0.2, 0.25) is 0 Å². The molecule has 2 rings (SSSR count). The van der Waals surface area contributed by atoms with Crippen LogP contribution in [0.5, 0.6) is 0 Å². The van der Waals surface area contributed by atoms with Crippen LogP contribution in [0.25, 0.3) is 5.82 Å². The van der Waals surface area contributed by atoms with E-state index in [0.29, 0.717) is 6.20 Å². The second kappa shape index (κ2) is 4.42. The molecule has 0 unspecified atom stereocenters. The Hall–Kier alpha value is -2.31. The van der Waals surface area contributed by atoms with Gasteiger partial charge in [0.15, 0.2) is 0 Å². The molecular weight excluding hydrogens is 261 g/mol. The summed E-state index contributed by atoms with van der Waals surface area (Å²) >= 11 is 0. The van der Waals surface area contributed by atoms with E-state index < -0.39 is 17.7 Å². The number of rotatable bonds is 2. The van der Waals surface area contributed by atoms with Gasteiger partial charge in [0, 0.05) is 12.4 Å². The molecule has 0 radical (unpaired) electrons. The van der Waals surface area contributed by atoms with Crippen LogP contribution in [-0.2, 0) is 6.18 Å². The topological polar surface area (TPSA) is 55.1 Å². The number of carbonyl (C=O) groups is 1. The Morgan fingerprint density at radius 1 is 1.42 bits per heavy atom. The quantitative estimate of drug-likeness (QED) is 0.912. The van der Waals surface area contributed by atoms with Crippen molar-refractivity contribution in [3.63, 3.8) is 0 Å². The van der Waals surface area contributed by atoms with Crippen LogP contribution in [0.3, 0.4) is 0 Å². The normalized spacial score (nSPS) is 11.6. The maximum absolute atomic E-state index is 12.5. The largest absolute Gasteiger partial charge is 0.477 e. The molecule has 1 N–H and O–H groups in total. The minimum Gasteiger partial charge on any atom is -0.477 e. The Labute approximate surface area is 106 Å². The molecule has 0 amide bonds. The molecule has 2 aromatic heterocycles. The lowest BCUT2D eigenvalue weighted by molar-refractivity contribution is -0.137. The van der Waals surface area contributed by atoms with Crippen LogP contribution in [0, 0.1) is 6.92 Å². The lowest BCUT2D eigenvalue weighted by Gasteiger charge is -2.12. The number of aromatic nitrogens is 2. The third-order valence-electron chi connectivity index (χ3n) is 2.57. The van der Waals surface area contributed by atoms with E-state index in [1.54, 1.807) is 0 Å². The molecule has 2 heterocycles. The number of nitrogens with zero attached hydrogens (tertiary/aromatic N) is 2. The standard InChI is InChI=1S/C12H9F3N2O2/c1-7-5-8(12(13,14)15)6-16-10(7)17-4-2-3-9(17)11(18)19/h2-6H,1H3,(H,18,19). The van der Waals surface area contributed by atoms with Gasteiger partial charge < -0.3 is 5.11 Å². The predicted octanol–water partition coefficient (Wildman–Crippen LogP) is 2.90. The van der Waals surface area contributed by atoms with Gasteiger partial charge in [-0.3, -0.25) is 4.57 Å². The SMILES string of the molecule is Cc1cc(C(F)(F)F)cnc1-n1cccc1C(=O)O. The molecule has 0 aliphatic carbocycles. The van der Waals surface area contributed by atoms with Gasteiger partial charge >= 0.3 is 12.1 Å². The van der Waals surface area contributed by atoms with Gasteiger partial charge in [-0.1, -0.05) is 0 Å². The first-order valence-corrected chi connectivity index (χ1v) is 5.25. The van der Waals surface area contributed by atoms with Crippen molar-refractivity contribution < 1.29 is 23.1 Å². The van der Waals surface area contributed by atoms with Gasteiger partial charge in [-0.25, -0.2) is 9.78 Å². The molecule has 7 heteroatoms. The van der Waals surface area contributed by atoms with Crippen LogP contribution in [0.1, 0.15) is 21.6 Å². The molecule has 100 valence electrons. The van der Waals surface area contributed by atoms with Gasteiger partial charge in [0.1, 0.15) is 11.5 Å². The van der Waals surface area contributed by atoms with Crippen LogP contribution in [-0.4, -0.2) is 20.6 Å². The Kier molecular flexibility index (Phi) is 3.05. The summed E-state index contributed by atoms with van der Waals surface area (Å²) in [5, 5.41) is 8.96. The second-order valence-corrected chi connectivity index (χ2v) is 3.93. The third-order valence-corrected chi connectivity index (χ3v) is 2.57. The lowest BCUT2D eigenvalue weighted by Crippen LogP contribution is -2.11. The van der Waals surface area contributed by atoms with Crippen molar-refractivity contribution in [2.45, 2.75) is 13.1 Å². The number of carboxylic acids is 1. The van der Waals surface area contributed by atoms with Crippen LogP contribution in [0.4, 0.5) is 13.2 Å². The highest BCUT2D eigenvalue weighted by Gasteiger charge is 2.31. The maximum Gasteiger partial charge on any atom is 0.417 e. The second-order valence-electron chi connectivity index (χ2n) is 3.93. The van der Waals surface area contributed by atoms with Crippen LogP contribution in [0.15, 0.2) is 30.6 Å². The molecule has 0 atom stereocenters. The highest BCUT2D eigenvalue weighted by atomic mass is 19.4. The summed E-state index contributed by atoms with van der Waals surface area (Å²) in [5.74, 6) is -1.01. The summed E-state index contributed by atoms with van der Waals surface area (Å²) in [5.41, 5.74) is -0.679. The first-order chi connectivity index (χ1) is 8.80. The summed E-state index contributed by atoms with van der Waals surface area (Å²) in [6, 6.07) is 3.78. The fourth-order valence-corrected chi connectivity index (χ4v) is 1.71. The van der Waals surface area contributed by atoms with E-state index in [9.17, 15) is 18.0 Å². The molecule has 0 spiro atoms. The van der Waals surface area contributed by atoms with Crippen molar-refractivity contribution in [3.05, 3.63) is 47.4 Å². The highest BCUT2D eigenvalue weighted by Crippen LogP contribution is 2.30. The first kappa shape index (κ1) is 13.1. The van der Waals surface area contributed by atoms with E-state index in [4.69, 9.17) is 5.11 Å². The Bertz CT molecular complexity index is 632. The number of aryl methyl sites for hydroxylation is 1. The molecule has 4 nitrogen and oxygen atoms in total. The predicted molar refractivity (Wildman–Crippen MR) is 60.3 cm³/mol. The van der Waals surface area contributed by atoms with E-state index >= 15 is 0 Å². The number of aromatic carboxylic acids is 1. The molecule has 0 aliphatic rings. The lowest BCUT2D eigenvalue weighted by atomic mass is 10.2. The van der Waals surface area contributed by atoms with Crippen molar-refractivity contribution in [2.24, 2.45) is 0 Å². The van der Waals surface area contributed by atoms with E-state index in [-0.39, 0.29) is 17.1 Å². The highest BCUT2D eigenvalue weighted by molar-refractivity contribution is 5.86. The fraction of sp³-hybridized carbons (Fsp3) is 0.167. The van der Waals surface area contributed by atoms with Gasteiger partial charge in [0.25, 0.3) is 0 Å². The van der Waals surface area contributed by atoms with Gasteiger partial charge in [-0.2, -0.15) is 13.2 Å². The molecule has 0 aliphatic heterocycles. The molecule has 0 aromatic carbocycles. The molecule has 0 bridgehead atoms. The van der Waals surface area contributed by atoms with Crippen molar-refractivity contribution in [2.75, 3.05) is 0 Å². The average Bonchev–Trinajstić information content (AvgIpc) is 2.76.